The van der Waals surface area contributed by atoms with Gasteiger partial charge in [0.1, 0.15) is 0 Å². The first-order chi connectivity index (χ1) is 6.95. The van der Waals surface area contributed by atoms with E-state index in [9.17, 15) is 17.6 Å². The molecular formula is C9H8F4O2. The van der Waals surface area contributed by atoms with Gasteiger partial charge in [-0.15, -0.1) is 0 Å². The number of hydrogen-bond donors (Lipinski definition) is 0. The molecule has 84 valence electrons. The van der Waals surface area contributed by atoms with Gasteiger partial charge in [-0.25, -0.2) is 4.39 Å². The van der Waals surface area contributed by atoms with Crippen molar-refractivity contribution in [1.29, 1.82) is 0 Å². The van der Waals surface area contributed by atoms with E-state index < -0.39 is 23.3 Å². The molecule has 0 radical (unpaired) electrons. The van der Waals surface area contributed by atoms with Crippen LogP contribution in [0, 0.1) is 5.82 Å². The van der Waals surface area contributed by atoms with Crippen LogP contribution in [0.5, 0.6) is 5.75 Å². The highest BCUT2D eigenvalue weighted by Gasteiger charge is 2.31. The molecule has 6 heteroatoms. The zero-order valence-electron chi connectivity index (χ0n) is 7.77. The summed E-state index contributed by atoms with van der Waals surface area (Å²) < 4.78 is 58.7. The molecule has 0 amide bonds. The molecule has 0 aliphatic rings. The van der Waals surface area contributed by atoms with Crippen LogP contribution >= 0.6 is 0 Å². The van der Waals surface area contributed by atoms with E-state index in [0.717, 1.165) is 0 Å². The van der Waals surface area contributed by atoms with Gasteiger partial charge in [0.05, 0.1) is 5.56 Å². The van der Waals surface area contributed by atoms with Crippen LogP contribution < -0.4 is 4.74 Å². The van der Waals surface area contributed by atoms with E-state index in [1.807, 2.05) is 0 Å². The highest BCUT2D eigenvalue weighted by molar-refractivity contribution is 5.31. The van der Waals surface area contributed by atoms with E-state index in [4.69, 9.17) is 0 Å². The SMILES string of the molecule is COCOc1cc(C(F)(F)F)ccc1F. The molecule has 1 rings (SSSR count). The first kappa shape index (κ1) is 11.8. The van der Waals surface area contributed by atoms with Gasteiger partial charge in [-0.3, -0.25) is 0 Å². The van der Waals surface area contributed by atoms with E-state index >= 15 is 0 Å². The molecule has 0 saturated heterocycles. The molecule has 0 aromatic heterocycles. The second-order valence-corrected chi connectivity index (χ2v) is 2.69. The number of halogens is 4. The van der Waals surface area contributed by atoms with Crippen LogP contribution in [0.3, 0.4) is 0 Å². The minimum absolute atomic E-state index is 0.307. The van der Waals surface area contributed by atoms with Crippen molar-refractivity contribution >= 4 is 0 Å². The summed E-state index contributed by atoms with van der Waals surface area (Å²) in [5.41, 5.74) is -0.963. The van der Waals surface area contributed by atoms with Gasteiger partial charge in [0.15, 0.2) is 18.4 Å². The van der Waals surface area contributed by atoms with Crippen molar-refractivity contribution in [2.75, 3.05) is 13.9 Å². The summed E-state index contributed by atoms with van der Waals surface area (Å²) >= 11 is 0. The largest absolute Gasteiger partial charge is 0.464 e. The van der Waals surface area contributed by atoms with Gasteiger partial charge in [-0.2, -0.15) is 13.2 Å². The molecule has 15 heavy (non-hydrogen) atoms. The van der Waals surface area contributed by atoms with Crippen LogP contribution in [0.1, 0.15) is 5.56 Å². The third-order valence-electron chi connectivity index (χ3n) is 1.59. The third-order valence-corrected chi connectivity index (χ3v) is 1.59. The molecule has 1 aromatic carbocycles. The maximum absolute atomic E-state index is 12.9. The molecule has 0 saturated carbocycles. The lowest BCUT2D eigenvalue weighted by Crippen LogP contribution is -2.07. The molecule has 0 aliphatic carbocycles. The van der Waals surface area contributed by atoms with Crippen molar-refractivity contribution in [2.24, 2.45) is 0 Å². The van der Waals surface area contributed by atoms with Gasteiger partial charge in [0.2, 0.25) is 0 Å². The fourth-order valence-electron chi connectivity index (χ4n) is 0.913. The molecule has 0 fully saturated rings. The summed E-state index contributed by atoms with van der Waals surface area (Å²) in [5.74, 6) is -1.34. The van der Waals surface area contributed by atoms with E-state index in [-0.39, 0.29) is 6.79 Å². The van der Waals surface area contributed by atoms with Crippen molar-refractivity contribution in [1.82, 2.24) is 0 Å². The Labute approximate surface area is 83.4 Å². The standard InChI is InChI=1S/C9H8F4O2/c1-14-5-15-8-4-6(9(11,12)13)2-3-7(8)10/h2-4H,5H2,1H3. The van der Waals surface area contributed by atoms with Gasteiger partial charge in [0, 0.05) is 7.11 Å². The summed E-state index contributed by atoms with van der Waals surface area (Å²) in [5, 5.41) is 0. The van der Waals surface area contributed by atoms with E-state index in [1.165, 1.54) is 7.11 Å². The number of benzene rings is 1. The second kappa shape index (κ2) is 4.48. The Bertz CT molecular complexity index is 335. The number of methoxy groups -OCH3 is 1. The molecule has 0 heterocycles. The Morgan fingerprint density at radius 3 is 2.47 bits per heavy atom. The normalized spacial score (nSPS) is 11.5. The Hall–Kier alpha value is -1.30. The van der Waals surface area contributed by atoms with Crippen LogP contribution in [0.25, 0.3) is 0 Å². The lowest BCUT2D eigenvalue weighted by atomic mass is 10.2. The highest BCUT2D eigenvalue weighted by atomic mass is 19.4. The quantitative estimate of drug-likeness (QED) is 0.580. The Balaban J connectivity index is 2.95. The Morgan fingerprint density at radius 1 is 1.27 bits per heavy atom. The molecule has 0 unspecified atom stereocenters. The fraction of sp³-hybridized carbons (Fsp3) is 0.333. The van der Waals surface area contributed by atoms with Gasteiger partial charge in [-0.05, 0) is 18.2 Å². The highest BCUT2D eigenvalue weighted by Crippen LogP contribution is 2.32. The summed E-state index contributed by atoms with van der Waals surface area (Å²) in [6.07, 6.45) is -4.51. The molecule has 0 spiro atoms. The van der Waals surface area contributed by atoms with E-state index in [2.05, 4.69) is 9.47 Å². The summed E-state index contributed by atoms with van der Waals surface area (Å²) in [4.78, 5) is 0. The first-order valence-electron chi connectivity index (χ1n) is 3.93. The molecular weight excluding hydrogens is 216 g/mol. The zero-order chi connectivity index (χ0) is 11.5. The molecule has 0 atom stereocenters. The van der Waals surface area contributed by atoms with Crippen molar-refractivity contribution in [2.45, 2.75) is 6.18 Å². The van der Waals surface area contributed by atoms with Crippen LogP contribution in [0.2, 0.25) is 0 Å². The predicted octanol–water partition coefficient (Wildman–Crippen LogP) is 2.83. The van der Waals surface area contributed by atoms with Crippen molar-refractivity contribution in [3.05, 3.63) is 29.6 Å². The zero-order valence-corrected chi connectivity index (χ0v) is 7.77. The van der Waals surface area contributed by atoms with Crippen LogP contribution in [0.4, 0.5) is 17.6 Å². The molecule has 0 N–H and O–H groups in total. The Morgan fingerprint density at radius 2 is 1.93 bits per heavy atom. The summed E-state index contributed by atoms with van der Waals surface area (Å²) in [6, 6.07) is 1.94. The van der Waals surface area contributed by atoms with E-state index in [1.54, 1.807) is 0 Å². The van der Waals surface area contributed by atoms with Crippen molar-refractivity contribution < 1.29 is 27.0 Å². The van der Waals surface area contributed by atoms with Gasteiger partial charge < -0.3 is 9.47 Å². The second-order valence-electron chi connectivity index (χ2n) is 2.69. The van der Waals surface area contributed by atoms with Crippen molar-refractivity contribution in [3.63, 3.8) is 0 Å². The maximum Gasteiger partial charge on any atom is 0.416 e. The third kappa shape index (κ3) is 3.09. The average molecular weight is 224 g/mol. The summed E-state index contributed by atoms with van der Waals surface area (Å²) in [6.45, 7) is -0.307. The number of ether oxygens (including phenoxy) is 2. The number of alkyl halides is 3. The molecule has 1 aromatic rings. The minimum atomic E-state index is -4.51. The van der Waals surface area contributed by atoms with Crippen LogP contribution in [-0.2, 0) is 10.9 Å². The number of rotatable bonds is 3. The number of hydrogen-bond acceptors (Lipinski definition) is 2. The minimum Gasteiger partial charge on any atom is -0.464 e. The van der Waals surface area contributed by atoms with Gasteiger partial charge in [-0.1, -0.05) is 0 Å². The smallest absolute Gasteiger partial charge is 0.416 e. The van der Waals surface area contributed by atoms with Gasteiger partial charge >= 0.3 is 6.18 Å². The Kier molecular flexibility index (Phi) is 3.52. The van der Waals surface area contributed by atoms with Crippen molar-refractivity contribution in [3.8, 4) is 5.75 Å². The molecule has 0 bridgehead atoms. The monoisotopic (exact) mass is 224 g/mol. The van der Waals surface area contributed by atoms with E-state index in [0.29, 0.717) is 18.2 Å². The summed E-state index contributed by atoms with van der Waals surface area (Å²) in [7, 11) is 1.28. The molecule has 2 nitrogen and oxygen atoms in total. The van der Waals surface area contributed by atoms with Gasteiger partial charge in [0.25, 0.3) is 0 Å². The fourth-order valence-corrected chi connectivity index (χ4v) is 0.913. The predicted molar refractivity (Wildman–Crippen MR) is 43.9 cm³/mol. The molecule has 0 aliphatic heterocycles. The maximum atomic E-state index is 12.9. The first-order valence-corrected chi connectivity index (χ1v) is 3.93. The average Bonchev–Trinajstić information content (AvgIpc) is 2.15. The topological polar surface area (TPSA) is 18.5 Å². The van der Waals surface area contributed by atoms with Crippen LogP contribution in [-0.4, -0.2) is 13.9 Å². The lowest BCUT2D eigenvalue weighted by Gasteiger charge is -2.10. The lowest BCUT2D eigenvalue weighted by molar-refractivity contribution is -0.137. The van der Waals surface area contributed by atoms with Crippen LogP contribution in [0.15, 0.2) is 18.2 Å².